The van der Waals surface area contributed by atoms with Crippen LogP contribution in [0, 0.1) is 0 Å². The zero-order chi connectivity index (χ0) is 18.9. The Labute approximate surface area is 150 Å². The quantitative estimate of drug-likeness (QED) is 0.368. The van der Waals surface area contributed by atoms with Crippen molar-refractivity contribution in [3.63, 3.8) is 0 Å². The molecule has 0 saturated carbocycles. The number of hydroxylamine groups is 2. The molecule has 3 aliphatic rings. The van der Waals surface area contributed by atoms with Crippen LogP contribution in [0.2, 0.25) is 0 Å². The number of amides is 4. The fourth-order valence-electron chi connectivity index (χ4n) is 3.50. The van der Waals surface area contributed by atoms with Gasteiger partial charge in [-0.3, -0.25) is 29.9 Å². The second kappa shape index (κ2) is 7.34. The molecule has 4 amide bonds. The van der Waals surface area contributed by atoms with Gasteiger partial charge in [-0.15, -0.1) is 4.28 Å². The number of nitrogens with one attached hydrogen (secondary N) is 2. The summed E-state index contributed by atoms with van der Waals surface area (Å²) in [5.74, 6) is -0.918. The van der Waals surface area contributed by atoms with Crippen molar-refractivity contribution in [1.29, 1.82) is 0 Å². The molecule has 0 aliphatic carbocycles. The average Bonchev–Trinajstić information content (AvgIpc) is 3.15. The molecule has 0 aromatic rings. The third-order valence-electron chi connectivity index (χ3n) is 4.69. The number of piperidine rings is 1. The summed E-state index contributed by atoms with van der Waals surface area (Å²) >= 11 is 0. The summed E-state index contributed by atoms with van der Waals surface area (Å²) in [6, 6.07) is -2.26. The van der Waals surface area contributed by atoms with E-state index in [9.17, 15) is 22.8 Å². The van der Waals surface area contributed by atoms with Gasteiger partial charge in [0.1, 0.15) is 6.04 Å². The van der Waals surface area contributed by atoms with Gasteiger partial charge in [0.15, 0.2) is 0 Å². The average molecular weight is 391 g/mol. The topological polar surface area (TPSA) is 149 Å². The molecular formula is C13H21N5O7S. The Hall–Kier alpha value is -1.96. The van der Waals surface area contributed by atoms with Crippen LogP contribution in [0.5, 0.6) is 0 Å². The maximum Gasteiger partial charge on any atom is 0.418 e. The van der Waals surface area contributed by atoms with Gasteiger partial charge in [0.2, 0.25) is 0 Å². The van der Waals surface area contributed by atoms with E-state index in [1.807, 2.05) is 4.90 Å². The van der Waals surface area contributed by atoms with Crippen LogP contribution in [0.3, 0.4) is 0 Å². The Balaban J connectivity index is 1.52. The molecular weight excluding hydrogens is 370 g/mol. The minimum atomic E-state index is -4.83. The lowest BCUT2D eigenvalue weighted by atomic mass is 10.0. The van der Waals surface area contributed by atoms with Crippen LogP contribution in [0.1, 0.15) is 25.7 Å². The standard InChI is InChI=1S/C13H21N5O7S/c19-11(8-16-5-1-2-6-16)14-15-12(20)10-4-3-9-7-17(10)13(21)18(9)25-26(22,23)24/h9-10H,1-8H2,(H,14,19)(H,15,20)(H,22,23,24)/t9-,10+/m1/s1. The van der Waals surface area contributed by atoms with Gasteiger partial charge in [-0.05, 0) is 38.8 Å². The van der Waals surface area contributed by atoms with Crippen molar-refractivity contribution >= 4 is 28.2 Å². The maximum atomic E-state index is 12.3. The molecule has 0 unspecified atom stereocenters. The van der Waals surface area contributed by atoms with Crippen molar-refractivity contribution in [2.75, 3.05) is 26.2 Å². The molecule has 0 aromatic carbocycles. The fraction of sp³-hybridized carbons (Fsp3) is 0.769. The lowest BCUT2D eigenvalue weighted by molar-refractivity contribution is -0.132. The maximum absolute atomic E-state index is 12.3. The molecule has 0 spiro atoms. The van der Waals surface area contributed by atoms with E-state index in [1.165, 1.54) is 0 Å². The molecule has 3 saturated heterocycles. The van der Waals surface area contributed by atoms with E-state index in [1.54, 1.807) is 0 Å². The van der Waals surface area contributed by atoms with Gasteiger partial charge < -0.3 is 4.90 Å². The number of nitrogens with zero attached hydrogens (tertiary/aromatic N) is 3. The van der Waals surface area contributed by atoms with E-state index in [2.05, 4.69) is 15.1 Å². The largest absolute Gasteiger partial charge is 0.418 e. The number of likely N-dealkylation sites (tertiary alicyclic amines) is 1. The molecule has 3 rings (SSSR count). The van der Waals surface area contributed by atoms with Crippen molar-refractivity contribution in [1.82, 2.24) is 25.7 Å². The summed E-state index contributed by atoms with van der Waals surface area (Å²) in [5, 5.41) is 0.564. The highest BCUT2D eigenvalue weighted by atomic mass is 32.3. The number of hydrogen-bond acceptors (Lipinski definition) is 7. The predicted molar refractivity (Wildman–Crippen MR) is 85.3 cm³/mol. The molecule has 3 fully saturated rings. The van der Waals surface area contributed by atoms with Crippen LogP contribution in [0.4, 0.5) is 4.79 Å². The highest BCUT2D eigenvalue weighted by Gasteiger charge is 2.49. The zero-order valence-corrected chi connectivity index (χ0v) is 14.8. The zero-order valence-electron chi connectivity index (χ0n) is 14.0. The van der Waals surface area contributed by atoms with E-state index >= 15 is 0 Å². The van der Waals surface area contributed by atoms with Crippen LogP contribution >= 0.6 is 0 Å². The van der Waals surface area contributed by atoms with Gasteiger partial charge in [-0.2, -0.15) is 13.5 Å². The monoisotopic (exact) mass is 391 g/mol. The van der Waals surface area contributed by atoms with Gasteiger partial charge >= 0.3 is 16.4 Å². The normalized spacial score (nSPS) is 26.3. The number of rotatable bonds is 5. The van der Waals surface area contributed by atoms with Gasteiger partial charge in [0, 0.05) is 6.54 Å². The summed E-state index contributed by atoms with van der Waals surface area (Å²) < 4.78 is 34.7. The lowest BCUT2D eigenvalue weighted by Gasteiger charge is -2.29. The molecule has 3 heterocycles. The van der Waals surface area contributed by atoms with Gasteiger partial charge in [-0.25, -0.2) is 4.79 Å². The molecule has 3 aliphatic heterocycles. The summed E-state index contributed by atoms with van der Waals surface area (Å²) in [7, 11) is -4.83. The first kappa shape index (κ1) is 18.8. The first-order chi connectivity index (χ1) is 12.2. The molecule has 13 heteroatoms. The van der Waals surface area contributed by atoms with E-state index < -0.39 is 34.4 Å². The molecule has 2 atom stereocenters. The number of carbonyl (C=O) groups excluding carboxylic acids is 3. The Bertz CT molecular complexity index is 693. The van der Waals surface area contributed by atoms with Crippen molar-refractivity contribution in [3.8, 4) is 0 Å². The molecule has 2 bridgehead atoms. The first-order valence-corrected chi connectivity index (χ1v) is 9.69. The second-order valence-electron chi connectivity index (χ2n) is 6.53. The number of urea groups is 1. The Morgan fingerprint density at radius 2 is 1.88 bits per heavy atom. The third kappa shape index (κ3) is 4.23. The first-order valence-electron chi connectivity index (χ1n) is 8.32. The Morgan fingerprint density at radius 1 is 1.19 bits per heavy atom. The molecule has 26 heavy (non-hydrogen) atoms. The second-order valence-corrected chi connectivity index (χ2v) is 7.54. The summed E-state index contributed by atoms with van der Waals surface area (Å²) in [5.41, 5.74) is 4.64. The van der Waals surface area contributed by atoms with Crippen LogP contribution in [-0.4, -0.2) is 83.9 Å². The third-order valence-corrected chi connectivity index (χ3v) is 5.04. The molecule has 0 aromatic heterocycles. The number of fused-ring (bicyclic) bond motifs is 2. The highest BCUT2D eigenvalue weighted by Crippen LogP contribution is 2.30. The molecule has 3 N–H and O–H groups in total. The number of hydrogen-bond donors (Lipinski definition) is 3. The van der Waals surface area contributed by atoms with Crippen LogP contribution < -0.4 is 10.9 Å². The number of hydrazine groups is 1. The fourth-order valence-corrected chi connectivity index (χ4v) is 3.89. The van der Waals surface area contributed by atoms with Crippen LogP contribution in [0.15, 0.2) is 0 Å². The van der Waals surface area contributed by atoms with E-state index in [0.29, 0.717) is 11.5 Å². The van der Waals surface area contributed by atoms with E-state index in [-0.39, 0.29) is 25.4 Å². The van der Waals surface area contributed by atoms with Gasteiger partial charge in [-0.1, -0.05) is 0 Å². The highest BCUT2D eigenvalue weighted by molar-refractivity contribution is 7.80. The Morgan fingerprint density at radius 3 is 2.54 bits per heavy atom. The summed E-state index contributed by atoms with van der Waals surface area (Å²) in [6.07, 6.45) is 2.68. The number of carbonyl (C=O) groups is 3. The van der Waals surface area contributed by atoms with Crippen molar-refractivity contribution in [2.24, 2.45) is 0 Å². The minimum absolute atomic E-state index is 0.0914. The molecule has 146 valence electrons. The minimum Gasteiger partial charge on any atom is -0.309 e. The molecule has 0 radical (unpaired) electrons. The van der Waals surface area contributed by atoms with E-state index in [4.69, 9.17) is 4.55 Å². The summed E-state index contributed by atoms with van der Waals surface area (Å²) in [4.78, 5) is 39.5. The van der Waals surface area contributed by atoms with E-state index in [0.717, 1.165) is 30.8 Å². The smallest absolute Gasteiger partial charge is 0.309 e. The molecule has 12 nitrogen and oxygen atoms in total. The van der Waals surface area contributed by atoms with Crippen LogP contribution in [-0.2, 0) is 24.3 Å². The SMILES string of the molecule is O=C(CN1CCCC1)NNC(=O)[C@@H]1CC[C@@H]2CN1C(=O)N2OS(=O)(=O)O. The van der Waals surface area contributed by atoms with Gasteiger partial charge in [0.05, 0.1) is 12.6 Å². The predicted octanol–water partition coefficient (Wildman–Crippen LogP) is -1.77. The van der Waals surface area contributed by atoms with Crippen molar-refractivity contribution in [3.05, 3.63) is 0 Å². The van der Waals surface area contributed by atoms with Crippen molar-refractivity contribution in [2.45, 2.75) is 37.8 Å². The van der Waals surface area contributed by atoms with Gasteiger partial charge in [0.25, 0.3) is 11.8 Å². The summed E-state index contributed by atoms with van der Waals surface area (Å²) in [6.45, 7) is 1.97. The lowest BCUT2D eigenvalue weighted by Crippen LogP contribution is -2.55. The Kier molecular flexibility index (Phi) is 5.32. The van der Waals surface area contributed by atoms with Crippen molar-refractivity contribution < 1.29 is 31.6 Å². The van der Waals surface area contributed by atoms with Crippen LogP contribution in [0.25, 0.3) is 0 Å².